The molecule has 106 valence electrons. The van der Waals surface area contributed by atoms with Crippen LogP contribution < -0.4 is 5.32 Å². The van der Waals surface area contributed by atoms with Crippen LogP contribution in [0.15, 0.2) is 18.2 Å². The molecule has 1 rings (SSSR count). The molecule has 0 unspecified atom stereocenters. The van der Waals surface area contributed by atoms with E-state index in [-0.39, 0.29) is 22.4 Å². The van der Waals surface area contributed by atoms with Gasteiger partial charge in [-0.2, -0.15) is 0 Å². The van der Waals surface area contributed by atoms with Crippen LogP contribution in [0.1, 0.15) is 57.0 Å². The molecule has 0 heterocycles. The number of benzene rings is 1. The monoisotopic (exact) mass is 265 g/mol. The van der Waals surface area contributed by atoms with Crippen molar-refractivity contribution >= 4 is 5.91 Å². The molecule has 19 heavy (non-hydrogen) atoms. The summed E-state index contributed by atoms with van der Waals surface area (Å²) in [7, 11) is 0. The van der Waals surface area contributed by atoms with Crippen molar-refractivity contribution in [1.29, 1.82) is 0 Å². The van der Waals surface area contributed by atoms with Crippen LogP contribution in [0.2, 0.25) is 0 Å². The van der Waals surface area contributed by atoms with E-state index in [0.717, 1.165) is 6.42 Å². The predicted octanol–water partition coefficient (Wildman–Crippen LogP) is 4.08. The van der Waals surface area contributed by atoms with Crippen LogP contribution in [-0.2, 0) is 0 Å². The Hall–Kier alpha value is -1.38. The third-order valence-electron chi connectivity index (χ3n) is 2.86. The summed E-state index contributed by atoms with van der Waals surface area (Å²) < 4.78 is 13.9. The highest BCUT2D eigenvalue weighted by molar-refractivity contribution is 5.95. The minimum Gasteiger partial charge on any atom is -0.347 e. The lowest BCUT2D eigenvalue weighted by Gasteiger charge is -2.33. The van der Waals surface area contributed by atoms with Gasteiger partial charge in [0.05, 0.1) is 5.56 Å². The van der Waals surface area contributed by atoms with E-state index in [9.17, 15) is 9.18 Å². The molecule has 0 saturated heterocycles. The Balaban J connectivity index is 2.88. The molecule has 2 nitrogen and oxygen atoms in total. The Labute approximate surface area is 115 Å². The third kappa shape index (κ3) is 4.66. The zero-order valence-electron chi connectivity index (χ0n) is 12.7. The topological polar surface area (TPSA) is 29.1 Å². The van der Waals surface area contributed by atoms with E-state index in [1.807, 2.05) is 13.8 Å². The van der Waals surface area contributed by atoms with Crippen LogP contribution in [0.5, 0.6) is 0 Å². The van der Waals surface area contributed by atoms with Crippen LogP contribution in [0.4, 0.5) is 4.39 Å². The maximum Gasteiger partial charge on any atom is 0.254 e. The van der Waals surface area contributed by atoms with Crippen molar-refractivity contribution in [3.05, 3.63) is 35.1 Å². The smallest absolute Gasteiger partial charge is 0.254 e. The van der Waals surface area contributed by atoms with E-state index >= 15 is 0 Å². The predicted molar refractivity (Wildman–Crippen MR) is 76.8 cm³/mol. The first-order valence-corrected chi connectivity index (χ1v) is 6.59. The second-order valence-corrected chi connectivity index (χ2v) is 7.01. The Morgan fingerprint density at radius 3 is 2.32 bits per heavy atom. The quantitative estimate of drug-likeness (QED) is 0.876. The second-order valence-electron chi connectivity index (χ2n) is 7.01. The fraction of sp³-hybridized carbons (Fsp3) is 0.562. The van der Waals surface area contributed by atoms with Crippen molar-refractivity contribution in [2.75, 3.05) is 0 Å². The summed E-state index contributed by atoms with van der Waals surface area (Å²) in [6.07, 6.45) is 0.819. The van der Waals surface area contributed by atoms with E-state index in [1.54, 1.807) is 19.1 Å². The van der Waals surface area contributed by atoms with Crippen molar-refractivity contribution in [1.82, 2.24) is 5.32 Å². The van der Waals surface area contributed by atoms with Crippen molar-refractivity contribution < 1.29 is 9.18 Å². The fourth-order valence-corrected chi connectivity index (χ4v) is 2.57. The Bertz CT molecular complexity index is 472. The molecule has 0 bridgehead atoms. The van der Waals surface area contributed by atoms with Gasteiger partial charge in [0.2, 0.25) is 0 Å². The van der Waals surface area contributed by atoms with Crippen LogP contribution in [-0.4, -0.2) is 11.4 Å². The van der Waals surface area contributed by atoms with Gasteiger partial charge in [-0.15, -0.1) is 0 Å². The second kappa shape index (κ2) is 5.32. The van der Waals surface area contributed by atoms with Gasteiger partial charge < -0.3 is 5.32 Å². The molecule has 0 aliphatic heterocycles. The fourth-order valence-electron chi connectivity index (χ4n) is 2.57. The average molecular weight is 265 g/mol. The molecule has 1 aromatic carbocycles. The number of nitrogens with one attached hydrogen (secondary N) is 1. The molecule has 3 heteroatoms. The standard InChI is InChI=1S/C16H24FNO/c1-11-8-7-9-12(13(11)17)14(19)18-16(5,6)10-15(2,3)4/h7-9H,10H2,1-6H3,(H,18,19). The van der Waals surface area contributed by atoms with Crippen LogP contribution in [0.25, 0.3) is 0 Å². The van der Waals surface area contributed by atoms with E-state index in [2.05, 4.69) is 26.1 Å². The van der Waals surface area contributed by atoms with Gasteiger partial charge in [-0.25, -0.2) is 4.39 Å². The van der Waals surface area contributed by atoms with Gasteiger partial charge in [0.15, 0.2) is 0 Å². The normalized spacial score (nSPS) is 12.4. The van der Waals surface area contributed by atoms with Crippen molar-refractivity contribution in [2.45, 2.75) is 53.5 Å². The molecular weight excluding hydrogens is 241 g/mol. The Kier molecular flexibility index (Phi) is 4.39. The lowest BCUT2D eigenvalue weighted by atomic mass is 9.81. The van der Waals surface area contributed by atoms with E-state index in [4.69, 9.17) is 0 Å². The summed E-state index contributed by atoms with van der Waals surface area (Å²) >= 11 is 0. The lowest BCUT2D eigenvalue weighted by Crippen LogP contribution is -2.46. The number of hydrogen-bond acceptors (Lipinski definition) is 1. The highest BCUT2D eigenvalue weighted by Crippen LogP contribution is 2.27. The first-order chi connectivity index (χ1) is 8.52. The lowest BCUT2D eigenvalue weighted by molar-refractivity contribution is 0.0887. The molecule has 0 atom stereocenters. The number of halogens is 1. The van der Waals surface area contributed by atoms with Gasteiger partial charge in [-0.3, -0.25) is 4.79 Å². The molecule has 0 saturated carbocycles. The van der Waals surface area contributed by atoms with Crippen molar-refractivity contribution in [3.63, 3.8) is 0 Å². The summed E-state index contributed by atoms with van der Waals surface area (Å²) in [5.74, 6) is -0.790. The zero-order chi connectivity index (χ0) is 14.8. The SMILES string of the molecule is Cc1cccc(C(=O)NC(C)(C)CC(C)(C)C)c1F. The Morgan fingerprint density at radius 2 is 1.79 bits per heavy atom. The van der Waals surface area contributed by atoms with Crippen molar-refractivity contribution in [2.24, 2.45) is 5.41 Å². The molecule has 0 aliphatic rings. The molecule has 0 aliphatic carbocycles. The van der Waals surface area contributed by atoms with E-state index in [0.29, 0.717) is 5.56 Å². The maximum atomic E-state index is 13.9. The van der Waals surface area contributed by atoms with Gasteiger partial charge in [-0.05, 0) is 44.2 Å². The van der Waals surface area contributed by atoms with Gasteiger partial charge in [0, 0.05) is 5.54 Å². The number of hydrogen-bond donors (Lipinski definition) is 1. The number of aryl methyl sites for hydroxylation is 1. The number of carbonyl (C=O) groups excluding carboxylic acids is 1. The van der Waals surface area contributed by atoms with E-state index in [1.165, 1.54) is 6.07 Å². The molecule has 0 aromatic heterocycles. The highest BCUT2D eigenvalue weighted by atomic mass is 19.1. The molecule has 1 N–H and O–H groups in total. The van der Waals surface area contributed by atoms with Crippen LogP contribution in [0, 0.1) is 18.2 Å². The van der Waals surface area contributed by atoms with Gasteiger partial charge in [0.25, 0.3) is 5.91 Å². The first-order valence-electron chi connectivity index (χ1n) is 6.59. The maximum absolute atomic E-state index is 13.9. The average Bonchev–Trinajstić information content (AvgIpc) is 2.17. The molecule has 0 radical (unpaired) electrons. The van der Waals surface area contributed by atoms with Gasteiger partial charge in [-0.1, -0.05) is 32.9 Å². The minimum absolute atomic E-state index is 0.0991. The third-order valence-corrected chi connectivity index (χ3v) is 2.86. The summed E-state index contributed by atoms with van der Waals surface area (Å²) in [4.78, 5) is 12.2. The number of amides is 1. The van der Waals surface area contributed by atoms with E-state index < -0.39 is 5.82 Å². The molecule has 1 amide bonds. The molecular formula is C16H24FNO. The number of carbonyl (C=O) groups is 1. The summed E-state index contributed by atoms with van der Waals surface area (Å²) in [6, 6.07) is 4.88. The van der Waals surface area contributed by atoms with Gasteiger partial charge in [0.1, 0.15) is 5.82 Å². The minimum atomic E-state index is -0.438. The van der Waals surface area contributed by atoms with Crippen molar-refractivity contribution in [3.8, 4) is 0 Å². The number of rotatable bonds is 3. The molecule has 0 spiro atoms. The largest absolute Gasteiger partial charge is 0.347 e. The van der Waals surface area contributed by atoms with Crippen LogP contribution in [0.3, 0.4) is 0 Å². The molecule has 1 aromatic rings. The summed E-state index contributed by atoms with van der Waals surface area (Å²) in [5, 5.41) is 2.92. The van der Waals surface area contributed by atoms with Crippen LogP contribution >= 0.6 is 0 Å². The molecule has 0 fully saturated rings. The Morgan fingerprint density at radius 1 is 1.21 bits per heavy atom. The summed E-state index contributed by atoms with van der Waals surface area (Å²) in [6.45, 7) is 11.9. The van der Waals surface area contributed by atoms with Gasteiger partial charge >= 0.3 is 0 Å². The highest BCUT2D eigenvalue weighted by Gasteiger charge is 2.28. The first kappa shape index (κ1) is 15.7. The summed E-state index contributed by atoms with van der Waals surface area (Å²) in [5.41, 5.74) is 0.330. The zero-order valence-corrected chi connectivity index (χ0v) is 12.7.